The molecule has 1 aliphatic rings. The first-order valence-corrected chi connectivity index (χ1v) is 19.5. The maximum Gasteiger partial charge on any atom is 0.265 e. The number of unbranched alkanes of at least 4 members (excludes halogenated alkanes) is 1. The summed E-state index contributed by atoms with van der Waals surface area (Å²) in [5.74, 6) is -1.66. The summed E-state index contributed by atoms with van der Waals surface area (Å²) in [6.45, 7) is 3.54. The number of rotatable bonds is 18. The van der Waals surface area contributed by atoms with Gasteiger partial charge in [0.2, 0.25) is 11.8 Å². The third kappa shape index (κ3) is 10.5. The molecule has 3 heterocycles. The minimum Gasteiger partial charge on any atom is -0.756 e. The molecule has 52 heavy (non-hydrogen) atoms. The SMILES string of the molecule is Cc1[nH]c(/C=C2\C(=O)Nc3ccc(F)cc32)c(C)c1CCC(=O)N[C@@H](CC(=O)NCCCCC(CO)COP(=O)([O-])O)Cc1csc2ccccc12. The summed E-state index contributed by atoms with van der Waals surface area (Å²) in [5.41, 5.74) is 5.80. The first-order valence-electron chi connectivity index (χ1n) is 17.1. The van der Waals surface area contributed by atoms with Crippen LogP contribution in [-0.4, -0.2) is 58.5 Å². The van der Waals surface area contributed by atoms with Crippen LogP contribution in [0, 0.1) is 25.6 Å². The number of carbonyl (C=O) groups excluding carboxylic acids is 3. The molecule has 6 N–H and O–H groups in total. The maximum absolute atomic E-state index is 14.0. The molecule has 0 saturated heterocycles. The van der Waals surface area contributed by atoms with E-state index in [4.69, 9.17) is 4.89 Å². The minimum atomic E-state index is -4.86. The Morgan fingerprint density at radius 3 is 2.71 bits per heavy atom. The number of hydrogen-bond donors (Lipinski definition) is 6. The Morgan fingerprint density at radius 2 is 1.94 bits per heavy atom. The Labute approximate surface area is 305 Å². The molecular weight excluding hydrogens is 710 g/mol. The molecule has 3 atom stereocenters. The molecule has 2 aromatic heterocycles. The number of thiophene rings is 1. The zero-order valence-corrected chi connectivity index (χ0v) is 30.7. The van der Waals surface area contributed by atoms with Gasteiger partial charge >= 0.3 is 0 Å². The highest BCUT2D eigenvalue weighted by molar-refractivity contribution is 7.44. The summed E-state index contributed by atoms with van der Waals surface area (Å²) in [6.07, 6.45) is 4.41. The van der Waals surface area contributed by atoms with Crippen molar-refractivity contribution < 1.29 is 42.8 Å². The number of nitrogens with one attached hydrogen (secondary N) is 4. The number of halogens is 1. The quantitative estimate of drug-likeness (QED) is 0.0469. The van der Waals surface area contributed by atoms with Crippen molar-refractivity contribution in [1.29, 1.82) is 0 Å². The normalized spacial score (nSPS) is 15.7. The molecule has 2 aromatic carbocycles. The van der Waals surface area contributed by atoms with Gasteiger partial charge in [-0.05, 0) is 97.3 Å². The van der Waals surface area contributed by atoms with Crippen LogP contribution in [0.1, 0.15) is 65.7 Å². The first kappa shape index (κ1) is 39.0. The number of aliphatic hydroxyl groups excluding tert-OH is 1. The van der Waals surface area contributed by atoms with Crippen molar-refractivity contribution in [3.05, 3.63) is 87.3 Å². The molecule has 0 saturated carbocycles. The lowest BCUT2D eigenvalue weighted by Crippen LogP contribution is -2.40. The molecule has 1 aliphatic heterocycles. The molecule has 0 fully saturated rings. The van der Waals surface area contributed by atoms with Crippen molar-refractivity contribution in [3.8, 4) is 0 Å². The van der Waals surface area contributed by atoms with Crippen LogP contribution in [-0.2, 0) is 36.3 Å². The van der Waals surface area contributed by atoms with E-state index in [2.05, 4.69) is 25.5 Å². The highest BCUT2D eigenvalue weighted by Crippen LogP contribution is 2.35. The zero-order valence-electron chi connectivity index (χ0n) is 29.0. The van der Waals surface area contributed by atoms with Gasteiger partial charge in [0, 0.05) is 65.3 Å². The monoisotopic (exact) mass is 753 g/mol. The van der Waals surface area contributed by atoms with E-state index in [1.165, 1.54) is 18.2 Å². The highest BCUT2D eigenvalue weighted by Gasteiger charge is 2.26. The second-order valence-electron chi connectivity index (χ2n) is 13.1. The lowest BCUT2D eigenvalue weighted by molar-refractivity contribution is -0.221. The number of phosphoric acid groups is 1. The number of H-pyrrole nitrogens is 1. The van der Waals surface area contributed by atoms with Gasteiger partial charge in [-0.3, -0.25) is 18.9 Å². The maximum atomic E-state index is 14.0. The Bertz CT molecular complexity index is 2000. The number of phosphoric ester groups is 1. The van der Waals surface area contributed by atoms with E-state index in [0.717, 1.165) is 32.5 Å². The number of amides is 3. The van der Waals surface area contributed by atoms with Gasteiger partial charge in [-0.15, -0.1) is 11.3 Å². The van der Waals surface area contributed by atoms with Crippen LogP contribution in [0.15, 0.2) is 47.8 Å². The Kier molecular flexibility index (Phi) is 13.2. The zero-order chi connectivity index (χ0) is 37.4. The number of aliphatic hydroxyl groups is 1. The van der Waals surface area contributed by atoms with Crippen molar-refractivity contribution in [2.24, 2.45) is 5.92 Å². The van der Waals surface area contributed by atoms with Crippen LogP contribution < -0.4 is 20.8 Å². The molecule has 5 rings (SSSR count). The van der Waals surface area contributed by atoms with E-state index >= 15 is 0 Å². The number of hydrogen-bond acceptors (Lipinski definition) is 8. The van der Waals surface area contributed by atoms with Gasteiger partial charge in [0.15, 0.2) is 0 Å². The van der Waals surface area contributed by atoms with Crippen molar-refractivity contribution in [2.45, 2.75) is 64.8 Å². The van der Waals surface area contributed by atoms with Crippen LogP contribution in [0.5, 0.6) is 0 Å². The van der Waals surface area contributed by atoms with E-state index in [0.29, 0.717) is 61.2 Å². The summed E-state index contributed by atoms with van der Waals surface area (Å²) in [6, 6.07) is 11.7. The van der Waals surface area contributed by atoms with E-state index in [1.807, 2.05) is 43.5 Å². The van der Waals surface area contributed by atoms with Gasteiger partial charge in [-0.25, -0.2) is 4.39 Å². The molecule has 4 aromatic rings. The molecule has 0 bridgehead atoms. The van der Waals surface area contributed by atoms with Crippen LogP contribution in [0.25, 0.3) is 21.7 Å². The molecule has 2 unspecified atom stereocenters. The standard InChI is InChI=1S/C37H44FN4O8PS/c1-22-28(23(2)40-33(22)18-31-30-16-26(38)10-12-32(30)42-37(31)46)11-13-35(44)41-27(15-25-21-52-34-9-4-3-8-29(25)34)17-36(45)39-14-6-5-7-24(19-43)20-50-51(47,48)49/h3-4,8-10,12,16,18,21,24,27,40,43H,5-7,11,13-15,17,19-20H2,1-2H3,(H,39,45)(H,41,44)(H,42,46)(H2,47,48,49)/p-1/b31-18-/t24?,27-/m1/s1. The van der Waals surface area contributed by atoms with Crippen LogP contribution in [0.3, 0.4) is 0 Å². The molecular formula is C37H43FN4O8PS-. The van der Waals surface area contributed by atoms with Crippen molar-refractivity contribution in [3.63, 3.8) is 0 Å². The Hall–Kier alpha value is -4.17. The lowest BCUT2D eigenvalue weighted by Gasteiger charge is -2.20. The van der Waals surface area contributed by atoms with Gasteiger partial charge in [0.05, 0.1) is 12.2 Å². The summed E-state index contributed by atoms with van der Waals surface area (Å²) in [7, 11) is -4.86. The van der Waals surface area contributed by atoms with E-state index in [1.54, 1.807) is 17.4 Å². The van der Waals surface area contributed by atoms with Crippen LogP contribution in [0.2, 0.25) is 0 Å². The fourth-order valence-electron chi connectivity index (χ4n) is 6.46. The van der Waals surface area contributed by atoms with E-state index in [-0.39, 0.29) is 43.8 Å². The van der Waals surface area contributed by atoms with E-state index < -0.39 is 25.6 Å². The Balaban J connectivity index is 1.19. The van der Waals surface area contributed by atoms with Crippen molar-refractivity contribution in [1.82, 2.24) is 15.6 Å². The third-order valence-electron chi connectivity index (χ3n) is 9.20. The summed E-state index contributed by atoms with van der Waals surface area (Å²) >= 11 is 1.60. The predicted molar refractivity (Wildman–Crippen MR) is 197 cm³/mol. The lowest BCUT2D eigenvalue weighted by atomic mass is 10.0. The number of fused-ring (bicyclic) bond motifs is 2. The first-order chi connectivity index (χ1) is 24.8. The fraction of sp³-hybridized carbons (Fsp3) is 0.378. The number of aromatic amines is 1. The molecule has 0 spiro atoms. The molecule has 278 valence electrons. The largest absolute Gasteiger partial charge is 0.756 e. The second kappa shape index (κ2) is 17.6. The molecule has 12 nitrogen and oxygen atoms in total. The Morgan fingerprint density at radius 1 is 1.15 bits per heavy atom. The number of anilines is 1. The highest BCUT2D eigenvalue weighted by atomic mass is 32.1. The average molecular weight is 754 g/mol. The molecule has 15 heteroatoms. The fourth-order valence-corrected chi connectivity index (χ4v) is 7.83. The molecule has 3 amide bonds. The third-order valence-corrected chi connectivity index (χ3v) is 10.7. The van der Waals surface area contributed by atoms with Gasteiger partial charge in [0.1, 0.15) is 5.82 Å². The van der Waals surface area contributed by atoms with Crippen molar-refractivity contribution >= 4 is 64.3 Å². The topological polar surface area (TPSA) is 193 Å². The van der Waals surface area contributed by atoms with Gasteiger partial charge in [-0.1, -0.05) is 24.6 Å². The van der Waals surface area contributed by atoms with Crippen LogP contribution >= 0.6 is 19.2 Å². The molecule has 0 aliphatic carbocycles. The smallest absolute Gasteiger partial charge is 0.265 e. The van der Waals surface area contributed by atoms with Gasteiger partial charge in [0.25, 0.3) is 13.7 Å². The summed E-state index contributed by atoms with van der Waals surface area (Å²) in [4.78, 5) is 62.0. The number of benzene rings is 2. The van der Waals surface area contributed by atoms with Crippen molar-refractivity contribution in [2.75, 3.05) is 25.1 Å². The number of aryl methyl sites for hydroxylation is 1. The summed E-state index contributed by atoms with van der Waals surface area (Å²) in [5, 5.41) is 21.3. The van der Waals surface area contributed by atoms with Gasteiger partial charge < -0.3 is 40.4 Å². The van der Waals surface area contributed by atoms with Crippen LogP contribution in [0.4, 0.5) is 10.1 Å². The van der Waals surface area contributed by atoms with Gasteiger partial charge in [-0.2, -0.15) is 0 Å². The predicted octanol–water partition coefficient (Wildman–Crippen LogP) is 4.90. The second-order valence-corrected chi connectivity index (χ2v) is 15.2. The average Bonchev–Trinajstić information content (AvgIpc) is 3.72. The number of aromatic nitrogens is 1. The molecule has 0 radical (unpaired) electrons. The number of carbonyl (C=O) groups is 3. The minimum absolute atomic E-state index is 0.0579. The van der Waals surface area contributed by atoms with E-state index in [9.17, 15) is 33.3 Å². The summed E-state index contributed by atoms with van der Waals surface area (Å²) < 4.78 is 30.3.